The van der Waals surface area contributed by atoms with Crippen LogP contribution in [0.3, 0.4) is 0 Å². The molecule has 1 aliphatic heterocycles. The number of rotatable bonds is 5. The summed E-state index contributed by atoms with van der Waals surface area (Å²) >= 11 is 0. The van der Waals surface area contributed by atoms with Gasteiger partial charge in [0.25, 0.3) is 11.5 Å². The van der Waals surface area contributed by atoms with Gasteiger partial charge in [0.05, 0.1) is 17.2 Å². The van der Waals surface area contributed by atoms with Crippen molar-refractivity contribution in [2.24, 2.45) is 0 Å². The van der Waals surface area contributed by atoms with Gasteiger partial charge in [0.2, 0.25) is 0 Å². The summed E-state index contributed by atoms with van der Waals surface area (Å²) in [5.74, 6) is -0.283. The lowest BCUT2D eigenvalue weighted by Gasteiger charge is -2.12. The van der Waals surface area contributed by atoms with E-state index in [2.05, 4.69) is 10.4 Å². The Morgan fingerprint density at radius 1 is 1.11 bits per heavy atom. The average Bonchev–Trinajstić information content (AvgIpc) is 3.22. The lowest BCUT2D eigenvalue weighted by atomic mass is 10.1. The Bertz CT molecular complexity index is 1010. The van der Waals surface area contributed by atoms with E-state index in [4.69, 9.17) is 4.74 Å². The Morgan fingerprint density at radius 2 is 1.85 bits per heavy atom. The van der Waals surface area contributed by atoms with Crippen LogP contribution in [0.25, 0.3) is 16.5 Å². The monoisotopic (exact) mass is 363 g/mol. The topological polar surface area (TPSA) is 73.2 Å². The summed E-state index contributed by atoms with van der Waals surface area (Å²) in [6, 6.07) is 16.2. The highest BCUT2D eigenvalue weighted by atomic mass is 16.5. The number of nitrogens with one attached hydrogen (secondary N) is 1. The second-order valence-corrected chi connectivity index (χ2v) is 6.63. The molecule has 2 aromatic carbocycles. The summed E-state index contributed by atoms with van der Waals surface area (Å²) in [6.45, 7) is 1.32. The number of amides is 1. The molecule has 138 valence electrons. The van der Waals surface area contributed by atoms with Gasteiger partial charge < -0.3 is 10.1 Å². The van der Waals surface area contributed by atoms with E-state index in [1.54, 1.807) is 36.4 Å². The van der Waals surface area contributed by atoms with E-state index in [0.29, 0.717) is 23.0 Å². The molecule has 27 heavy (non-hydrogen) atoms. The number of nitrogens with zero attached hydrogens (tertiary/aromatic N) is 2. The van der Waals surface area contributed by atoms with E-state index >= 15 is 0 Å². The zero-order chi connectivity index (χ0) is 18.6. The number of fused-ring (bicyclic) bond motifs is 1. The maximum Gasteiger partial charge on any atom is 0.279 e. The zero-order valence-corrected chi connectivity index (χ0v) is 14.9. The fourth-order valence-electron chi connectivity index (χ4n) is 3.40. The quantitative estimate of drug-likeness (QED) is 0.756. The maximum absolute atomic E-state index is 12.8. The van der Waals surface area contributed by atoms with E-state index in [9.17, 15) is 9.59 Å². The molecule has 1 atom stereocenters. The molecule has 0 bridgehead atoms. The van der Waals surface area contributed by atoms with Gasteiger partial charge in [-0.1, -0.05) is 36.4 Å². The van der Waals surface area contributed by atoms with Crippen LogP contribution in [0, 0.1) is 0 Å². The van der Waals surface area contributed by atoms with E-state index in [1.165, 1.54) is 4.68 Å². The van der Waals surface area contributed by atoms with Crippen molar-refractivity contribution in [2.45, 2.75) is 25.4 Å². The minimum atomic E-state index is -0.283. The molecule has 0 saturated carbocycles. The van der Waals surface area contributed by atoms with Crippen LogP contribution in [0.5, 0.6) is 0 Å². The van der Waals surface area contributed by atoms with Crippen LogP contribution < -0.4 is 10.9 Å². The van der Waals surface area contributed by atoms with Gasteiger partial charge in [-0.2, -0.15) is 9.78 Å². The Hall–Kier alpha value is -2.99. The minimum absolute atomic E-state index is 0.216. The van der Waals surface area contributed by atoms with Crippen molar-refractivity contribution in [3.63, 3.8) is 0 Å². The highest BCUT2D eigenvalue weighted by Gasteiger charge is 2.19. The van der Waals surface area contributed by atoms with Crippen LogP contribution >= 0.6 is 0 Å². The number of carbonyl (C=O) groups excluding carboxylic acids is 1. The second kappa shape index (κ2) is 7.72. The maximum atomic E-state index is 12.8. The molecule has 1 aliphatic rings. The van der Waals surface area contributed by atoms with Crippen molar-refractivity contribution in [2.75, 3.05) is 13.2 Å². The first kappa shape index (κ1) is 17.4. The van der Waals surface area contributed by atoms with Crippen LogP contribution in [-0.2, 0) is 4.74 Å². The smallest absolute Gasteiger partial charge is 0.279 e. The molecule has 4 rings (SSSR count). The number of aromatic nitrogens is 2. The van der Waals surface area contributed by atoms with Crippen molar-refractivity contribution in [3.05, 3.63) is 70.6 Å². The molecule has 0 spiro atoms. The number of hydrogen-bond donors (Lipinski definition) is 1. The van der Waals surface area contributed by atoms with Crippen molar-refractivity contribution in [1.82, 2.24) is 15.1 Å². The average molecular weight is 363 g/mol. The Kier molecular flexibility index (Phi) is 4.98. The van der Waals surface area contributed by atoms with E-state index in [0.717, 1.165) is 25.9 Å². The molecule has 0 unspecified atom stereocenters. The predicted octanol–water partition coefficient (Wildman–Crippen LogP) is 2.68. The molecule has 1 fully saturated rings. The van der Waals surface area contributed by atoms with Crippen molar-refractivity contribution in [3.8, 4) is 5.69 Å². The Morgan fingerprint density at radius 3 is 2.59 bits per heavy atom. The van der Waals surface area contributed by atoms with Gasteiger partial charge in [-0.3, -0.25) is 9.59 Å². The van der Waals surface area contributed by atoms with Gasteiger partial charge in [0.1, 0.15) is 0 Å². The first-order chi connectivity index (χ1) is 13.2. The fraction of sp³-hybridized carbons (Fsp3) is 0.286. The molecular formula is C21H21N3O3. The molecular weight excluding hydrogens is 342 g/mol. The van der Waals surface area contributed by atoms with Crippen LogP contribution in [0.15, 0.2) is 59.4 Å². The number of hydrogen-bond acceptors (Lipinski definition) is 4. The highest BCUT2D eigenvalue weighted by molar-refractivity contribution is 6.04. The molecule has 2 heterocycles. The van der Waals surface area contributed by atoms with E-state index in [-0.39, 0.29) is 23.3 Å². The third-order valence-electron chi connectivity index (χ3n) is 4.80. The highest BCUT2D eigenvalue weighted by Crippen LogP contribution is 2.16. The summed E-state index contributed by atoms with van der Waals surface area (Å²) < 4.78 is 6.88. The zero-order valence-electron chi connectivity index (χ0n) is 14.9. The van der Waals surface area contributed by atoms with Gasteiger partial charge in [-0.25, -0.2) is 0 Å². The lowest BCUT2D eigenvalue weighted by Crippen LogP contribution is -2.31. The number of para-hydroxylation sites is 1. The molecule has 1 amide bonds. The Balaban J connectivity index is 1.67. The van der Waals surface area contributed by atoms with Crippen molar-refractivity contribution < 1.29 is 9.53 Å². The third-order valence-corrected chi connectivity index (χ3v) is 4.80. The molecule has 0 aliphatic carbocycles. The lowest BCUT2D eigenvalue weighted by molar-refractivity contribution is 0.0903. The van der Waals surface area contributed by atoms with Gasteiger partial charge in [0, 0.05) is 18.5 Å². The second-order valence-electron chi connectivity index (χ2n) is 6.63. The van der Waals surface area contributed by atoms with Gasteiger partial charge in [0.15, 0.2) is 5.69 Å². The van der Waals surface area contributed by atoms with Crippen LogP contribution in [-0.4, -0.2) is 34.9 Å². The fourth-order valence-corrected chi connectivity index (χ4v) is 3.40. The van der Waals surface area contributed by atoms with E-state index in [1.807, 2.05) is 18.2 Å². The minimum Gasteiger partial charge on any atom is -0.378 e. The van der Waals surface area contributed by atoms with Crippen LogP contribution in [0.2, 0.25) is 0 Å². The predicted molar refractivity (Wildman–Crippen MR) is 103 cm³/mol. The first-order valence-electron chi connectivity index (χ1n) is 9.21. The molecule has 1 saturated heterocycles. The number of ether oxygens (including phenoxy) is 1. The molecule has 1 N–H and O–H groups in total. The standard InChI is InChI=1S/C21H21N3O3/c25-20(22-13-12-16-9-6-14-27-16)19-17-10-4-5-11-18(17)21(26)24(23-19)15-7-2-1-3-8-15/h1-5,7-8,10-11,16H,6,9,12-14H2,(H,22,25)/t16-/m0/s1. The third kappa shape index (κ3) is 3.61. The summed E-state index contributed by atoms with van der Waals surface area (Å²) in [4.78, 5) is 25.6. The first-order valence-corrected chi connectivity index (χ1v) is 9.21. The van der Waals surface area contributed by atoms with Gasteiger partial charge >= 0.3 is 0 Å². The molecule has 1 aromatic heterocycles. The largest absolute Gasteiger partial charge is 0.378 e. The number of carbonyl (C=O) groups is 1. The summed E-state index contributed by atoms with van der Waals surface area (Å²) in [6.07, 6.45) is 3.11. The van der Waals surface area contributed by atoms with E-state index < -0.39 is 0 Å². The molecule has 6 nitrogen and oxygen atoms in total. The van der Waals surface area contributed by atoms with Crippen molar-refractivity contribution >= 4 is 16.7 Å². The molecule has 0 radical (unpaired) electrons. The molecule has 6 heteroatoms. The Labute approximate surface area is 156 Å². The SMILES string of the molecule is O=C(NCC[C@@H]1CCCO1)c1nn(-c2ccccc2)c(=O)c2ccccc12. The number of benzene rings is 2. The summed E-state index contributed by atoms with van der Waals surface area (Å²) in [5, 5.41) is 8.33. The van der Waals surface area contributed by atoms with Crippen LogP contribution in [0.1, 0.15) is 29.8 Å². The normalized spacial score (nSPS) is 16.5. The summed E-state index contributed by atoms with van der Waals surface area (Å²) in [7, 11) is 0. The molecule has 3 aromatic rings. The summed E-state index contributed by atoms with van der Waals surface area (Å²) in [5.41, 5.74) is 0.635. The van der Waals surface area contributed by atoms with Gasteiger partial charge in [-0.15, -0.1) is 0 Å². The van der Waals surface area contributed by atoms with Crippen molar-refractivity contribution in [1.29, 1.82) is 0 Å². The van der Waals surface area contributed by atoms with Gasteiger partial charge in [-0.05, 0) is 37.5 Å². The van der Waals surface area contributed by atoms with Crippen LogP contribution in [0.4, 0.5) is 0 Å².